The van der Waals surface area contributed by atoms with Gasteiger partial charge in [0.15, 0.2) is 29.8 Å². The smallest absolute Gasteiger partial charge is 0.412 e. The van der Waals surface area contributed by atoms with Gasteiger partial charge in [0.25, 0.3) is 0 Å². The maximum Gasteiger partial charge on any atom is 0.412 e. The summed E-state index contributed by atoms with van der Waals surface area (Å²) in [5.74, 6) is -1.21. The molecule has 0 aromatic rings. The van der Waals surface area contributed by atoms with Crippen molar-refractivity contribution in [1.82, 2.24) is 0 Å². The number of alkyl halides is 6. The van der Waals surface area contributed by atoms with E-state index in [-0.39, 0.29) is 40.7 Å². The van der Waals surface area contributed by atoms with E-state index in [9.17, 15) is 40.5 Å². The molecule has 2 heterocycles. The van der Waals surface area contributed by atoms with E-state index in [4.69, 9.17) is 23.1 Å². The zero-order valence-corrected chi connectivity index (χ0v) is 43.3. The van der Waals surface area contributed by atoms with Crippen LogP contribution in [-0.4, -0.2) is 104 Å². The van der Waals surface area contributed by atoms with Gasteiger partial charge in [-0.3, -0.25) is 18.4 Å². The van der Waals surface area contributed by atoms with Gasteiger partial charge in [0.1, 0.15) is 24.7 Å². The number of rotatable bonds is 25. The highest BCUT2D eigenvalue weighted by molar-refractivity contribution is 7.54. The number of carbonyl (C=O) groups is 2. The normalized spacial score (nSPS) is 21.6. The first-order valence-electron chi connectivity index (χ1n) is 22.2. The summed E-state index contributed by atoms with van der Waals surface area (Å²) < 4.78 is 133. The van der Waals surface area contributed by atoms with Gasteiger partial charge in [-0.25, -0.2) is 0 Å². The van der Waals surface area contributed by atoms with Gasteiger partial charge in [-0.2, -0.15) is 26.3 Å². The van der Waals surface area contributed by atoms with Crippen molar-refractivity contribution in [2.24, 2.45) is 5.92 Å². The van der Waals surface area contributed by atoms with Gasteiger partial charge in [-0.05, 0) is 81.2 Å². The highest BCUT2D eigenvalue weighted by atomic mass is 31.2. The molecular weight excluding hydrogens is 914 g/mol. The molecular formula is C46H75F6O10PSi2. The van der Waals surface area contributed by atoms with Crippen molar-refractivity contribution in [3.63, 3.8) is 0 Å². The first kappa shape index (κ1) is 59.0. The summed E-state index contributed by atoms with van der Waals surface area (Å²) in [6.45, 7) is 25.0. The van der Waals surface area contributed by atoms with Crippen molar-refractivity contribution in [2.45, 2.75) is 186 Å². The molecule has 0 amide bonds. The number of hydrogen-bond acceptors (Lipinski definition) is 10. The lowest BCUT2D eigenvalue weighted by Gasteiger charge is -2.40. The summed E-state index contributed by atoms with van der Waals surface area (Å²) in [5.41, 5.74) is 2.02. The molecule has 2 aliphatic heterocycles. The van der Waals surface area contributed by atoms with Crippen molar-refractivity contribution >= 4 is 36.5 Å². The van der Waals surface area contributed by atoms with Crippen molar-refractivity contribution in [1.29, 1.82) is 0 Å². The number of carbonyl (C=O) groups excluding carboxylic acids is 2. The quantitative estimate of drug-likeness (QED) is 0.0219. The molecule has 0 radical (unpaired) electrons. The SMILES string of the molecule is C=C(CC(C=CC[C@H](OC(=O)CP(=O)(OCC(F)(F)F)OCC(F)(F)F)[C@H](C=C[C@@H]1CC(C)=CCO1)O[Si](C)(C)C(C)(C)C)O[Si](C)(C)C(C)(C)C)C[C@H](C)C[C@@H]1CC=C[C@@H](CC=O)O1. The minimum Gasteiger partial charge on any atom is -0.458 e. The van der Waals surface area contributed by atoms with Crippen LogP contribution in [-0.2, 0) is 46.3 Å². The molecule has 0 aromatic carbocycles. The van der Waals surface area contributed by atoms with Crippen molar-refractivity contribution in [3.05, 3.63) is 60.3 Å². The zero-order chi connectivity index (χ0) is 49.7. The molecule has 0 N–H and O–H groups in total. The van der Waals surface area contributed by atoms with Gasteiger partial charge >= 0.3 is 25.9 Å². The molecule has 0 saturated heterocycles. The molecule has 0 aliphatic carbocycles. The molecule has 0 fully saturated rings. The Morgan fingerprint density at radius 3 is 2.06 bits per heavy atom. The topological polar surface area (TPSA) is 116 Å². The Morgan fingerprint density at radius 1 is 0.938 bits per heavy atom. The highest BCUT2D eigenvalue weighted by Gasteiger charge is 2.44. The molecule has 0 saturated carbocycles. The van der Waals surface area contributed by atoms with Crippen LogP contribution in [0.15, 0.2) is 60.3 Å². The summed E-state index contributed by atoms with van der Waals surface area (Å²) >= 11 is 0. The van der Waals surface area contributed by atoms with Crippen LogP contribution in [0.25, 0.3) is 0 Å². The predicted molar refractivity (Wildman–Crippen MR) is 247 cm³/mol. The summed E-state index contributed by atoms with van der Waals surface area (Å²) in [6.07, 6.45) is 2.25. The number of ether oxygens (including phenoxy) is 3. The average Bonchev–Trinajstić information content (AvgIpc) is 3.13. The second kappa shape index (κ2) is 24.9. The van der Waals surface area contributed by atoms with Crippen LogP contribution >= 0.6 is 7.60 Å². The lowest BCUT2D eigenvalue weighted by Crippen LogP contribution is -2.47. The van der Waals surface area contributed by atoms with Crippen LogP contribution in [0.4, 0.5) is 26.3 Å². The van der Waals surface area contributed by atoms with Gasteiger partial charge in [-0.1, -0.05) is 109 Å². The molecule has 1 unspecified atom stereocenters. The Balaban J connectivity index is 2.57. The fraction of sp³-hybridized carbons (Fsp3) is 0.739. The van der Waals surface area contributed by atoms with Crippen LogP contribution in [0.5, 0.6) is 0 Å². The molecule has 374 valence electrons. The van der Waals surface area contributed by atoms with Gasteiger partial charge in [0.2, 0.25) is 0 Å². The monoisotopic (exact) mass is 988 g/mol. The lowest BCUT2D eigenvalue weighted by molar-refractivity contribution is -0.167. The Kier molecular flexibility index (Phi) is 22.6. The number of halogens is 6. The highest BCUT2D eigenvalue weighted by Crippen LogP contribution is 2.50. The van der Waals surface area contributed by atoms with Crippen molar-refractivity contribution in [2.75, 3.05) is 26.0 Å². The van der Waals surface area contributed by atoms with Crippen LogP contribution in [0, 0.1) is 5.92 Å². The zero-order valence-electron chi connectivity index (χ0n) is 40.4. The van der Waals surface area contributed by atoms with Crippen LogP contribution in [0.2, 0.25) is 36.3 Å². The first-order chi connectivity index (χ1) is 29.6. The van der Waals surface area contributed by atoms with E-state index in [2.05, 4.69) is 56.4 Å². The second-order valence-electron chi connectivity index (χ2n) is 20.4. The Morgan fingerprint density at radius 2 is 1.52 bits per heavy atom. The molecule has 0 aromatic heterocycles. The van der Waals surface area contributed by atoms with Crippen LogP contribution < -0.4 is 0 Å². The van der Waals surface area contributed by atoms with Crippen molar-refractivity contribution < 1.29 is 72.6 Å². The lowest BCUT2D eigenvalue weighted by atomic mass is 9.91. The van der Waals surface area contributed by atoms with Gasteiger partial charge < -0.3 is 27.9 Å². The van der Waals surface area contributed by atoms with Gasteiger partial charge in [-0.15, -0.1) is 0 Å². The molecule has 0 spiro atoms. The van der Waals surface area contributed by atoms with Gasteiger partial charge in [0, 0.05) is 12.8 Å². The van der Waals surface area contributed by atoms with Crippen molar-refractivity contribution in [3.8, 4) is 0 Å². The van der Waals surface area contributed by atoms with E-state index in [1.165, 1.54) is 0 Å². The third-order valence-corrected chi connectivity index (χ3v) is 22.7. The largest absolute Gasteiger partial charge is 0.458 e. The standard InChI is InChI=1S/C46H75F6O10PSi2/c1-33-23-25-56-37(27-33)20-21-41(62-65(12,13)44(7,8)9)40(60-42(54)30-63(55,57-31-45(47,48)49)58-32-46(50,51)52)19-15-18-39(61-64(10,11)43(4,5)6)29-35(3)26-34(2)28-38-17-14-16-36(59-38)22-24-53/h14-16,18,20-21,23-24,34,36-41H,3,17,19,22,25-32H2,1-2,4-13H3/t34-,36-,37+,38-,39?,40-,41-/m0/s1. The first-order valence-corrected chi connectivity index (χ1v) is 29.8. The van der Waals surface area contributed by atoms with E-state index in [0.717, 1.165) is 30.3 Å². The van der Waals surface area contributed by atoms with Gasteiger partial charge in [0.05, 0.1) is 31.0 Å². The molecule has 2 rings (SSSR count). The van der Waals surface area contributed by atoms with E-state index in [1.807, 2.05) is 65.1 Å². The molecule has 2 aliphatic rings. The second-order valence-corrected chi connectivity index (χ2v) is 31.9. The Labute approximate surface area is 385 Å². The Bertz CT molecular complexity index is 1690. The van der Waals surface area contributed by atoms with Crippen LogP contribution in [0.1, 0.15) is 100 Å². The Hall–Kier alpha value is -2.16. The maximum absolute atomic E-state index is 13.7. The predicted octanol–water partition coefficient (Wildman–Crippen LogP) is 12.9. The number of hydrogen-bond donors (Lipinski definition) is 0. The molecule has 65 heavy (non-hydrogen) atoms. The van der Waals surface area contributed by atoms with E-state index < -0.39 is 80.2 Å². The third-order valence-electron chi connectivity index (χ3n) is 12.0. The fourth-order valence-corrected chi connectivity index (χ4v) is 10.4. The number of esters is 1. The summed E-state index contributed by atoms with van der Waals surface area (Å²) in [7, 11) is -10.5. The minimum absolute atomic E-state index is 0.0337. The summed E-state index contributed by atoms with van der Waals surface area (Å²) in [5, 5.41) is -0.527. The number of aldehydes is 1. The minimum atomic E-state index is -5.35. The van der Waals surface area contributed by atoms with Crippen LogP contribution in [0.3, 0.4) is 0 Å². The molecule has 10 nitrogen and oxygen atoms in total. The van der Waals surface area contributed by atoms with E-state index in [0.29, 0.717) is 32.3 Å². The van der Waals surface area contributed by atoms with E-state index >= 15 is 0 Å². The summed E-state index contributed by atoms with van der Waals surface area (Å²) in [4.78, 5) is 24.8. The summed E-state index contributed by atoms with van der Waals surface area (Å²) in [6, 6.07) is 0. The molecule has 0 bridgehead atoms. The van der Waals surface area contributed by atoms with E-state index in [1.54, 1.807) is 18.2 Å². The molecule has 7 atom stereocenters. The average molecular weight is 989 g/mol. The fourth-order valence-electron chi connectivity index (χ4n) is 6.54. The third kappa shape index (κ3) is 22.7. The molecule has 19 heteroatoms. The maximum atomic E-state index is 13.7.